The Morgan fingerprint density at radius 1 is 1.28 bits per heavy atom. The number of halogens is 4. The van der Waals surface area contributed by atoms with Crippen molar-refractivity contribution < 1.29 is 35.5 Å². The number of nitrogens with one attached hydrogen (secondary N) is 2. The average molecular weight is 386 g/mol. The zero-order valence-corrected chi connectivity index (χ0v) is 14.1. The van der Waals surface area contributed by atoms with Crippen molar-refractivity contribution in [1.82, 2.24) is 10.0 Å². The summed E-state index contributed by atoms with van der Waals surface area (Å²) in [6.07, 6.45) is -4.34. The maximum Gasteiger partial charge on any atom is 0.411 e. The predicted octanol–water partition coefficient (Wildman–Crippen LogP) is 1.82. The van der Waals surface area contributed by atoms with Gasteiger partial charge in [0.05, 0.1) is 10.5 Å². The third-order valence-corrected chi connectivity index (χ3v) is 4.39. The zero-order valence-electron chi connectivity index (χ0n) is 13.3. The molecule has 2 N–H and O–H groups in total. The number of ether oxygens (including phenoxy) is 1. The summed E-state index contributed by atoms with van der Waals surface area (Å²) >= 11 is 0. The van der Waals surface area contributed by atoms with Crippen LogP contribution < -0.4 is 10.0 Å². The second kappa shape index (κ2) is 9.11. The van der Waals surface area contributed by atoms with Gasteiger partial charge in [0, 0.05) is 19.7 Å². The molecule has 0 bridgehead atoms. The summed E-state index contributed by atoms with van der Waals surface area (Å²) in [5.74, 6) is -1.79. The van der Waals surface area contributed by atoms with E-state index in [0.717, 1.165) is 18.2 Å². The van der Waals surface area contributed by atoms with Gasteiger partial charge < -0.3 is 10.1 Å². The van der Waals surface area contributed by atoms with Gasteiger partial charge in [-0.3, -0.25) is 4.79 Å². The van der Waals surface area contributed by atoms with Crippen LogP contribution in [0.15, 0.2) is 23.1 Å². The molecule has 0 aliphatic heterocycles. The van der Waals surface area contributed by atoms with E-state index in [2.05, 4.69) is 14.8 Å². The third kappa shape index (κ3) is 7.36. The molecule has 0 unspecified atom stereocenters. The lowest BCUT2D eigenvalue weighted by molar-refractivity contribution is -0.173. The summed E-state index contributed by atoms with van der Waals surface area (Å²) in [6.45, 7) is 0.00601. The van der Waals surface area contributed by atoms with Gasteiger partial charge in [-0.2, -0.15) is 13.2 Å². The fourth-order valence-corrected chi connectivity index (χ4v) is 2.85. The first-order chi connectivity index (χ1) is 11.6. The lowest BCUT2D eigenvalue weighted by Crippen LogP contribution is -2.28. The molecule has 0 saturated carbocycles. The van der Waals surface area contributed by atoms with Crippen LogP contribution in [0.3, 0.4) is 0 Å². The first-order valence-corrected chi connectivity index (χ1v) is 8.77. The Labute approximate surface area is 142 Å². The molecule has 11 heteroatoms. The van der Waals surface area contributed by atoms with Crippen molar-refractivity contribution in [3.05, 3.63) is 29.6 Å². The molecule has 1 amide bonds. The summed E-state index contributed by atoms with van der Waals surface area (Å²) in [4.78, 5) is 11.6. The molecule has 0 spiro atoms. The number of carbonyl (C=O) groups is 1. The van der Waals surface area contributed by atoms with E-state index in [1.54, 1.807) is 6.92 Å². The molecule has 0 aliphatic carbocycles. The van der Waals surface area contributed by atoms with Crippen molar-refractivity contribution in [2.45, 2.75) is 24.4 Å². The molecule has 25 heavy (non-hydrogen) atoms. The topological polar surface area (TPSA) is 84.5 Å². The van der Waals surface area contributed by atoms with Crippen LogP contribution in [-0.4, -0.2) is 46.8 Å². The molecule has 0 radical (unpaired) electrons. The summed E-state index contributed by atoms with van der Waals surface area (Å²) in [6, 6.07) is 2.77. The number of hydrogen-bond donors (Lipinski definition) is 2. The highest BCUT2D eigenvalue weighted by atomic mass is 32.2. The molecular weight excluding hydrogens is 368 g/mol. The molecule has 0 aromatic heterocycles. The molecule has 0 fully saturated rings. The molecule has 1 aromatic rings. The summed E-state index contributed by atoms with van der Waals surface area (Å²) in [5.41, 5.74) is -0.477. The zero-order chi connectivity index (χ0) is 19.1. The van der Waals surface area contributed by atoms with E-state index in [1.165, 1.54) is 0 Å². The highest BCUT2D eigenvalue weighted by Crippen LogP contribution is 2.16. The van der Waals surface area contributed by atoms with E-state index < -0.39 is 40.1 Å². The minimum atomic E-state index is -4.43. The van der Waals surface area contributed by atoms with Gasteiger partial charge in [0.2, 0.25) is 10.0 Å². The predicted molar refractivity (Wildman–Crippen MR) is 81.1 cm³/mol. The Morgan fingerprint density at radius 2 is 1.96 bits per heavy atom. The van der Waals surface area contributed by atoms with Crippen LogP contribution in [-0.2, 0) is 14.8 Å². The molecule has 6 nitrogen and oxygen atoms in total. The SMILES string of the molecule is CCNS(=O)(=O)c1ccc(F)c(C(=O)NCCCOCC(F)(F)F)c1. The Kier molecular flexibility index (Phi) is 7.77. The first-order valence-electron chi connectivity index (χ1n) is 7.28. The standard InChI is InChI=1S/C14H18F4N2O4S/c1-2-20-25(22,23)10-4-5-12(15)11(8-10)13(21)19-6-3-7-24-9-14(16,17)18/h4-5,8,20H,2-3,6-7,9H2,1H3,(H,19,21). The number of amides is 1. The Morgan fingerprint density at radius 3 is 2.56 bits per heavy atom. The third-order valence-electron chi connectivity index (χ3n) is 2.84. The van der Waals surface area contributed by atoms with Crippen LogP contribution in [0.1, 0.15) is 23.7 Å². The molecule has 0 heterocycles. The average Bonchev–Trinajstić information content (AvgIpc) is 2.49. The smallest absolute Gasteiger partial charge is 0.372 e. The van der Waals surface area contributed by atoms with E-state index in [-0.39, 0.29) is 31.0 Å². The number of carbonyl (C=O) groups excluding carboxylic acids is 1. The van der Waals surface area contributed by atoms with Crippen molar-refractivity contribution in [2.75, 3.05) is 26.3 Å². The van der Waals surface area contributed by atoms with E-state index in [0.29, 0.717) is 0 Å². The number of sulfonamides is 1. The Hall–Kier alpha value is -1.72. The summed E-state index contributed by atoms with van der Waals surface area (Å²) in [5, 5.41) is 2.29. The molecular formula is C14H18F4N2O4S. The molecule has 1 rings (SSSR count). The largest absolute Gasteiger partial charge is 0.411 e. The maximum absolute atomic E-state index is 13.7. The van der Waals surface area contributed by atoms with Crippen LogP contribution in [0.25, 0.3) is 0 Å². The van der Waals surface area contributed by atoms with E-state index in [4.69, 9.17) is 0 Å². The molecule has 0 aliphatic rings. The lowest BCUT2D eigenvalue weighted by atomic mass is 10.2. The fourth-order valence-electron chi connectivity index (χ4n) is 1.78. The van der Waals surface area contributed by atoms with Crippen LogP contribution >= 0.6 is 0 Å². The number of hydrogen-bond acceptors (Lipinski definition) is 4. The van der Waals surface area contributed by atoms with Gasteiger partial charge in [0.15, 0.2) is 0 Å². The van der Waals surface area contributed by atoms with E-state index in [1.807, 2.05) is 0 Å². The Bertz CT molecular complexity index is 693. The van der Waals surface area contributed by atoms with Crippen molar-refractivity contribution >= 4 is 15.9 Å². The molecule has 1 aromatic carbocycles. The van der Waals surface area contributed by atoms with Crippen LogP contribution in [0.2, 0.25) is 0 Å². The summed E-state index contributed by atoms with van der Waals surface area (Å²) < 4.78 is 79.6. The number of rotatable bonds is 9. The maximum atomic E-state index is 13.7. The second-order valence-corrected chi connectivity index (χ2v) is 6.69. The van der Waals surface area contributed by atoms with Crippen LogP contribution in [0, 0.1) is 5.82 Å². The van der Waals surface area contributed by atoms with Crippen molar-refractivity contribution in [1.29, 1.82) is 0 Å². The quantitative estimate of drug-likeness (QED) is 0.501. The second-order valence-electron chi connectivity index (χ2n) is 4.92. The van der Waals surface area contributed by atoms with Gasteiger partial charge in [-0.05, 0) is 24.6 Å². The van der Waals surface area contributed by atoms with E-state index >= 15 is 0 Å². The number of alkyl halides is 3. The highest BCUT2D eigenvalue weighted by molar-refractivity contribution is 7.89. The first kappa shape index (κ1) is 21.3. The van der Waals surface area contributed by atoms with Crippen LogP contribution in [0.5, 0.6) is 0 Å². The van der Waals surface area contributed by atoms with Gasteiger partial charge in [-0.25, -0.2) is 17.5 Å². The lowest BCUT2D eigenvalue weighted by Gasteiger charge is -2.10. The monoisotopic (exact) mass is 386 g/mol. The molecule has 0 atom stereocenters. The highest BCUT2D eigenvalue weighted by Gasteiger charge is 2.27. The number of benzene rings is 1. The van der Waals surface area contributed by atoms with Crippen molar-refractivity contribution in [2.24, 2.45) is 0 Å². The normalized spacial score (nSPS) is 12.2. The van der Waals surface area contributed by atoms with Gasteiger partial charge in [0.1, 0.15) is 12.4 Å². The minimum absolute atomic E-state index is 0.0552. The fraction of sp³-hybridized carbons (Fsp3) is 0.500. The van der Waals surface area contributed by atoms with Gasteiger partial charge in [0.25, 0.3) is 5.91 Å². The van der Waals surface area contributed by atoms with Crippen molar-refractivity contribution in [3.63, 3.8) is 0 Å². The van der Waals surface area contributed by atoms with E-state index in [9.17, 15) is 30.8 Å². The molecule has 0 saturated heterocycles. The van der Waals surface area contributed by atoms with Gasteiger partial charge >= 0.3 is 6.18 Å². The molecule has 142 valence electrons. The summed E-state index contributed by atoms with van der Waals surface area (Å²) in [7, 11) is -3.85. The van der Waals surface area contributed by atoms with Gasteiger partial charge in [-0.1, -0.05) is 6.92 Å². The van der Waals surface area contributed by atoms with Gasteiger partial charge in [-0.15, -0.1) is 0 Å². The minimum Gasteiger partial charge on any atom is -0.372 e. The van der Waals surface area contributed by atoms with Crippen molar-refractivity contribution in [3.8, 4) is 0 Å². The Balaban J connectivity index is 2.61. The van der Waals surface area contributed by atoms with Crippen LogP contribution in [0.4, 0.5) is 17.6 Å².